The number of carbonyl (C=O) groups excluding carboxylic acids is 1. The van der Waals surface area contributed by atoms with Gasteiger partial charge in [-0.2, -0.15) is 13.2 Å². The van der Waals surface area contributed by atoms with E-state index in [-0.39, 0.29) is 35.1 Å². The number of amides is 1. The second-order valence-corrected chi connectivity index (χ2v) is 7.77. The normalized spacial score (nSPS) is 22.4. The van der Waals surface area contributed by atoms with Gasteiger partial charge in [0.15, 0.2) is 0 Å². The Hall–Kier alpha value is -3.50. The Morgan fingerprint density at radius 1 is 1.16 bits per heavy atom. The van der Waals surface area contributed by atoms with Crippen molar-refractivity contribution in [3.63, 3.8) is 0 Å². The summed E-state index contributed by atoms with van der Waals surface area (Å²) < 4.78 is 59.9. The van der Waals surface area contributed by atoms with Gasteiger partial charge in [-0.1, -0.05) is 11.3 Å². The number of carbonyl (C=O) groups is 1. The van der Waals surface area contributed by atoms with Crippen LogP contribution in [0.15, 0.2) is 48.9 Å². The van der Waals surface area contributed by atoms with Crippen molar-refractivity contribution in [1.29, 1.82) is 0 Å². The number of hydrogen-bond donors (Lipinski definition) is 0. The van der Waals surface area contributed by atoms with Crippen LogP contribution in [-0.2, 0) is 6.18 Å². The molecule has 0 radical (unpaired) electrons. The van der Waals surface area contributed by atoms with Crippen molar-refractivity contribution in [2.75, 3.05) is 0 Å². The number of halogens is 4. The van der Waals surface area contributed by atoms with Crippen molar-refractivity contribution in [2.45, 2.75) is 43.6 Å². The minimum atomic E-state index is -4.48. The van der Waals surface area contributed by atoms with Crippen LogP contribution in [0.1, 0.15) is 35.2 Å². The molecule has 1 aromatic carbocycles. The van der Waals surface area contributed by atoms with Crippen LogP contribution in [0.5, 0.6) is 5.88 Å². The Labute approximate surface area is 179 Å². The fraction of sp³-hybridized carbons (Fsp3) is 0.333. The molecule has 4 heterocycles. The first kappa shape index (κ1) is 20.4. The summed E-state index contributed by atoms with van der Waals surface area (Å²) in [5, 5.41) is 7.49. The number of nitrogens with zero attached hydrogens (tertiary/aromatic N) is 5. The lowest BCUT2D eigenvalue weighted by Gasteiger charge is -2.25. The lowest BCUT2D eigenvalue weighted by molar-refractivity contribution is -0.137. The first-order valence-electron chi connectivity index (χ1n) is 10.0. The number of fused-ring (bicyclic) bond motifs is 2. The number of rotatable bonds is 4. The van der Waals surface area contributed by atoms with E-state index in [0.29, 0.717) is 12.8 Å². The molecule has 2 fully saturated rings. The Morgan fingerprint density at radius 2 is 2.00 bits per heavy atom. The highest BCUT2D eigenvalue weighted by Crippen LogP contribution is 2.41. The van der Waals surface area contributed by atoms with Gasteiger partial charge >= 0.3 is 6.18 Å². The highest BCUT2D eigenvalue weighted by Gasteiger charge is 2.50. The molecule has 0 saturated carbocycles. The molecule has 5 rings (SSSR count). The van der Waals surface area contributed by atoms with E-state index in [2.05, 4.69) is 15.3 Å². The molecule has 2 aliphatic heterocycles. The quantitative estimate of drug-likeness (QED) is 0.571. The van der Waals surface area contributed by atoms with Gasteiger partial charge in [0.05, 0.1) is 29.6 Å². The zero-order valence-electron chi connectivity index (χ0n) is 16.5. The molecule has 166 valence electrons. The van der Waals surface area contributed by atoms with Crippen LogP contribution in [0, 0.1) is 5.82 Å². The standard InChI is InChI=1S/C21H17F4N5O2/c22-15-3-1-2-14(19(15)29-9-8-27-28-29)20(31)30-13-5-6-16(30)17(10-13)32-18-7-4-12(11-26-18)21(23,24)25/h1-4,7-9,11,13,16-17H,5-6,10H2. The number of hydrogen-bond acceptors (Lipinski definition) is 5. The van der Waals surface area contributed by atoms with E-state index in [0.717, 1.165) is 18.7 Å². The molecule has 3 atom stereocenters. The largest absolute Gasteiger partial charge is 0.472 e. The van der Waals surface area contributed by atoms with Crippen LogP contribution >= 0.6 is 0 Å². The molecule has 2 aromatic heterocycles. The summed E-state index contributed by atoms with van der Waals surface area (Å²) in [6, 6.07) is 5.93. The van der Waals surface area contributed by atoms with E-state index in [9.17, 15) is 22.4 Å². The number of benzene rings is 1. The Balaban J connectivity index is 1.38. The summed E-state index contributed by atoms with van der Waals surface area (Å²) in [6.07, 6.45) is 0.645. The van der Waals surface area contributed by atoms with Crippen molar-refractivity contribution >= 4 is 5.91 Å². The third-order valence-electron chi connectivity index (χ3n) is 5.92. The van der Waals surface area contributed by atoms with Crippen LogP contribution in [0.3, 0.4) is 0 Å². The van der Waals surface area contributed by atoms with Crippen LogP contribution in [0.2, 0.25) is 0 Å². The molecule has 0 aliphatic carbocycles. The fourth-order valence-corrected chi connectivity index (χ4v) is 4.54. The molecular formula is C21H17F4N5O2. The zero-order valence-corrected chi connectivity index (χ0v) is 16.5. The maximum Gasteiger partial charge on any atom is 0.417 e. The molecule has 0 N–H and O–H groups in total. The third-order valence-corrected chi connectivity index (χ3v) is 5.92. The van der Waals surface area contributed by atoms with Crippen molar-refractivity contribution in [3.8, 4) is 11.6 Å². The first-order chi connectivity index (χ1) is 15.3. The average Bonchev–Trinajstić information content (AvgIpc) is 3.49. The summed E-state index contributed by atoms with van der Waals surface area (Å²) in [4.78, 5) is 18.9. The van der Waals surface area contributed by atoms with Gasteiger partial charge in [-0.05, 0) is 31.0 Å². The van der Waals surface area contributed by atoms with Gasteiger partial charge < -0.3 is 9.64 Å². The molecular weight excluding hydrogens is 430 g/mol. The number of aromatic nitrogens is 4. The minimum absolute atomic E-state index is 0.0168. The lowest BCUT2D eigenvalue weighted by Crippen LogP contribution is -2.39. The molecule has 2 aliphatic rings. The third kappa shape index (κ3) is 3.47. The van der Waals surface area contributed by atoms with Crippen LogP contribution in [-0.4, -0.2) is 49.0 Å². The van der Waals surface area contributed by atoms with E-state index in [1.165, 1.54) is 41.3 Å². The highest BCUT2D eigenvalue weighted by atomic mass is 19.4. The smallest absolute Gasteiger partial charge is 0.417 e. The van der Waals surface area contributed by atoms with E-state index < -0.39 is 23.7 Å². The van der Waals surface area contributed by atoms with Gasteiger partial charge in [0, 0.05) is 24.7 Å². The molecule has 2 saturated heterocycles. The van der Waals surface area contributed by atoms with Gasteiger partial charge in [0.2, 0.25) is 5.88 Å². The van der Waals surface area contributed by atoms with E-state index >= 15 is 0 Å². The topological polar surface area (TPSA) is 73.1 Å². The monoisotopic (exact) mass is 447 g/mol. The summed E-state index contributed by atoms with van der Waals surface area (Å²) in [5.74, 6) is -0.888. The molecule has 32 heavy (non-hydrogen) atoms. The average molecular weight is 447 g/mol. The molecule has 1 amide bonds. The first-order valence-corrected chi connectivity index (χ1v) is 10.0. The summed E-state index contributed by atoms with van der Waals surface area (Å²) in [5.41, 5.74) is -0.690. The van der Waals surface area contributed by atoms with Gasteiger partial charge in [0.1, 0.15) is 17.6 Å². The number of pyridine rings is 1. The molecule has 7 nitrogen and oxygen atoms in total. The predicted octanol–water partition coefficient (Wildman–Crippen LogP) is 3.64. The van der Waals surface area contributed by atoms with E-state index in [1.54, 1.807) is 4.90 Å². The van der Waals surface area contributed by atoms with Gasteiger partial charge in [-0.15, -0.1) is 5.10 Å². The zero-order chi connectivity index (χ0) is 22.5. The Bertz CT molecular complexity index is 1130. The number of alkyl halides is 3. The molecule has 3 unspecified atom stereocenters. The van der Waals surface area contributed by atoms with Crippen LogP contribution in [0.4, 0.5) is 17.6 Å². The Kier molecular flexibility index (Phi) is 4.83. The summed E-state index contributed by atoms with van der Waals surface area (Å²) in [7, 11) is 0. The molecule has 11 heteroatoms. The van der Waals surface area contributed by atoms with Gasteiger partial charge in [0.25, 0.3) is 5.91 Å². The summed E-state index contributed by atoms with van der Waals surface area (Å²) >= 11 is 0. The maximum absolute atomic E-state index is 14.6. The number of para-hydroxylation sites is 1. The lowest BCUT2D eigenvalue weighted by atomic mass is 9.98. The SMILES string of the molecule is O=C(c1cccc(F)c1-n1ccnn1)N1C2CCC1C(Oc1ccc(C(F)(F)F)cn1)C2. The number of ether oxygens (including phenoxy) is 1. The second-order valence-electron chi connectivity index (χ2n) is 7.77. The predicted molar refractivity (Wildman–Crippen MR) is 103 cm³/mol. The van der Waals surface area contributed by atoms with E-state index in [1.807, 2.05) is 0 Å². The van der Waals surface area contributed by atoms with Crippen molar-refractivity contribution in [3.05, 3.63) is 65.9 Å². The minimum Gasteiger partial charge on any atom is -0.472 e. The van der Waals surface area contributed by atoms with Crippen molar-refractivity contribution in [2.24, 2.45) is 0 Å². The molecule has 0 spiro atoms. The Morgan fingerprint density at radius 3 is 2.69 bits per heavy atom. The highest BCUT2D eigenvalue weighted by molar-refractivity contribution is 5.98. The van der Waals surface area contributed by atoms with E-state index in [4.69, 9.17) is 4.74 Å². The molecule has 3 aromatic rings. The fourth-order valence-electron chi connectivity index (χ4n) is 4.54. The summed E-state index contributed by atoms with van der Waals surface area (Å²) in [6.45, 7) is 0. The van der Waals surface area contributed by atoms with Crippen LogP contribution in [0.25, 0.3) is 5.69 Å². The molecule has 2 bridgehead atoms. The van der Waals surface area contributed by atoms with Gasteiger partial charge in [-0.25, -0.2) is 14.1 Å². The van der Waals surface area contributed by atoms with Crippen molar-refractivity contribution in [1.82, 2.24) is 24.9 Å². The second kappa shape index (κ2) is 7.57. The van der Waals surface area contributed by atoms with Gasteiger partial charge in [-0.3, -0.25) is 4.79 Å². The van der Waals surface area contributed by atoms with Crippen LogP contribution < -0.4 is 4.74 Å². The van der Waals surface area contributed by atoms with Crippen molar-refractivity contribution < 1.29 is 27.1 Å². The maximum atomic E-state index is 14.6.